The Morgan fingerprint density at radius 3 is 2.47 bits per heavy atom. The van der Waals surface area contributed by atoms with Gasteiger partial charge in [0, 0.05) is 0 Å². The van der Waals surface area contributed by atoms with Gasteiger partial charge in [-0.25, -0.2) is 4.39 Å². The molecule has 1 aliphatic rings. The lowest BCUT2D eigenvalue weighted by atomic mass is 10.0. The summed E-state index contributed by atoms with van der Waals surface area (Å²) in [6, 6.07) is 15.2. The average Bonchev–Trinajstić information content (AvgIpc) is 2.74. The minimum atomic E-state index is -0.169. The Balaban J connectivity index is 1.79. The van der Waals surface area contributed by atoms with E-state index in [1.54, 1.807) is 0 Å². The zero-order valence-corrected chi connectivity index (χ0v) is 9.49. The number of halogens is 1. The molecule has 0 saturated heterocycles. The molecule has 0 saturated carbocycles. The quantitative estimate of drug-likeness (QED) is 0.723. The fourth-order valence-corrected chi connectivity index (χ4v) is 2.33. The van der Waals surface area contributed by atoms with Crippen LogP contribution in [0.25, 0.3) is 6.08 Å². The van der Waals surface area contributed by atoms with Crippen LogP contribution in [0, 0.1) is 5.82 Å². The second kappa shape index (κ2) is 4.17. The monoisotopic (exact) mass is 224 g/mol. The van der Waals surface area contributed by atoms with Crippen LogP contribution in [0.1, 0.15) is 16.7 Å². The van der Waals surface area contributed by atoms with E-state index in [4.69, 9.17) is 0 Å². The van der Waals surface area contributed by atoms with Gasteiger partial charge in [-0.1, -0.05) is 48.0 Å². The van der Waals surface area contributed by atoms with E-state index in [1.165, 1.54) is 34.4 Å². The van der Waals surface area contributed by atoms with Crippen molar-refractivity contribution in [3.05, 3.63) is 76.6 Å². The van der Waals surface area contributed by atoms with Gasteiger partial charge in [-0.15, -0.1) is 0 Å². The zero-order chi connectivity index (χ0) is 11.7. The minimum absolute atomic E-state index is 0.169. The van der Waals surface area contributed by atoms with Gasteiger partial charge >= 0.3 is 0 Å². The zero-order valence-electron chi connectivity index (χ0n) is 9.49. The summed E-state index contributed by atoms with van der Waals surface area (Å²) in [6.45, 7) is 0. The molecule has 17 heavy (non-hydrogen) atoms. The van der Waals surface area contributed by atoms with Gasteiger partial charge in [-0.3, -0.25) is 0 Å². The van der Waals surface area contributed by atoms with Crippen molar-refractivity contribution in [2.24, 2.45) is 0 Å². The first kappa shape index (κ1) is 10.3. The molecule has 3 rings (SSSR count). The molecule has 0 atom stereocenters. The van der Waals surface area contributed by atoms with Crippen LogP contribution in [0.2, 0.25) is 0 Å². The van der Waals surface area contributed by atoms with Gasteiger partial charge in [0.15, 0.2) is 0 Å². The number of fused-ring (bicyclic) bond motifs is 1. The van der Waals surface area contributed by atoms with E-state index in [9.17, 15) is 4.39 Å². The summed E-state index contributed by atoms with van der Waals surface area (Å²) in [4.78, 5) is 0. The van der Waals surface area contributed by atoms with Crippen LogP contribution in [0.3, 0.4) is 0 Å². The standard InChI is InChI=1S/C16H13F/c17-16-7-5-12(6-8-16)9-13-10-14-3-1-2-4-15(14)11-13/h1-8,10H,9,11H2. The molecule has 1 heteroatoms. The molecule has 2 aromatic rings. The Labute approximate surface area is 100 Å². The first-order valence-electron chi connectivity index (χ1n) is 5.83. The van der Waals surface area contributed by atoms with Crippen LogP contribution in [0.15, 0.2) is 54.1 Å². The lowest BCUT2D eigenvalue weighted by molar-refractivity contribution is 0.627. The van der Waals surface area contributed by atoms with Crippen molar-refractivity contribution in [2.45, 2.75) is 12.8 Å². The van der Waals surface area contributed by atoms with Crippen molar-refractivity contribution >= 4 is 6.08 Å². The van der Waals surface area contributed by atoms with Crippen molar-refractivity contribution in [1.82, 2.24) is 0 Å². The van der Waals surface area contributed by atoms with Gasteiger partial charge < -0.3 is 0 Å². The van der Waals surface area contributed by atoms with Crippen LogP contribution < -0.4 is 0 Å². The van der Waals surface area contributed by atoms with E-state index in [0.717, 1.165) is 12.8 Å². The topological polar surface area (TPSA) is 0 Å². The molecule has 0 aromatic heterocycles. The first-order chi connectivity index (χ1) is 8.31. The maximum Gasteiger partial charge on any atom is 0.123 e. The molecule has 0 heterocycles. The van der Waals surface area contributed by atoms with Gasteiger partial charge in [0.25, 0.3) is 0 Å². The fraction of sp³-hybridized carbons (Fsp3) is 0.125. The van der Waals surface area contributed by atoms with Gasteiger partial charge in [0.1, 0.15) is 5.82 Å². The number of hydrogen-bond donors (Lipinski definition) is 0. The molecule has 0 fully saturated rings. The van der Waals surface area contributed by atoms with Crippen molar-refractivity contribution in [3.8, 4) is 0 Å². The molecule has 0 N–H and O–H groups in total. The predicted octanol–water partition coefficient (Wildman–Crippen LogP) is 4.01. The first-order valence-corrected chi connectivity index (χ1v) is 5.83. The number of benzene rings is 2. The molecular weight excluding hydrogens is 211 g/mol. The molecule has 84 valence electrons. The van der Waals surface area contributed by atoms with Crippen molar-refractivity contribution in [3.63, 3.8) is 0 Å². The Hall–Kier alpha value is -1.89. The third-order valence-electron chi connectivity index (χ3n) is 3.18. The van der Waals surface area contributed by atoms with E-state index < -0.39 is 0 Å². The molecule has 0 aliphatic heterocycles. The van der Waals surface area contributed by atoms with Gasteiger partial charge in [0.05, 0.1) is 0 Å². The molecule has 0 bridgehead atoms. The fourth-order valence-electron chi connectivity index (χ4n) is 2.33. The highest BCUT2D eigenvalue weighted by molar-refractivity contribution is 5.64. The van der Waals surface area contributed by atoms with E-state index in [2.05, 4.69) is 30.3 Å². The normalized spacial score (nSPS) is 13.4. The number of allylic oxidation sites excluding steroid dienone is 1. The third-order valence-corrected chi connectivity index (χ3v) is 3.18. The maximum absolute atomic E-state index is 12.8. The largest absolute Gasteiger partial charge is 0.207 e. The Morgan fingerprint density at radius 2 is 1.71 bits per heavy atom. The second-order valence-electron chi connectivity index (χ2n) is 4.48. The molecular formula is C16H13F. The van der Waals surface area contributed by atoms with Crippen LogP contribution in [-0.2, 0) is 12.8 Å². The van der Waals surface area contributed by atoms with E-state index in [0.29, 0.717) is 0 Å². The van der Waals surface area contributed by atoms with Crippen molar-refractivity contribution in [1.29, 1.82) is 0 Å². The van der Waals surface area contributed by atoms with E-state index >= 15 is 0 Å². The second-order valence-corrected chi connectivity index (χ2v) is 4.48. The van der Waals surface area contributed by atoms with Crippen molar-refractivity contribution in [2.75, 3.05) is 0 Å². The van der Waals surface area contributed by atoms with E-state index in [1.807, 2.05) is 12.1 Å². The summed E-state index contributed by atoms with van der Waals surface area (Å²) in [5.74, 6) is -0.169. The number of rotatable bonds is 2. The highest BCUT2D eigenvalue weighted by Crippen LogP contribution is 2.26. The highest BCUT2D eigenvalue weighted by atomic mass is 19.1. The van der Waals surface area contributed by atoms with Crippen LogP contribution in [0.4, 0.5) is 4.39 Å². The summed E-state index contributed by atoms with van der Waals surface area (Å²) in [5.41, 5.74) is 5.29. The lowest BCUT2D eigenvalue weighted by Crippen LogP contribution is -1.91. The predicted molar refractivity (Wildman–Crippen MR) is 68.2 cm³/mol. The molecule has 2 aromatic carbocycles. The minimum Gasteiger partial charge on any atom is -0.207 e. The Kier molecular flexibility index (Phi) is 2.52. The summed E-state index contributed by atoms with van der Waals surface area (Å²) in [5, 5.41) is 0. The van der Waals surface area contributed by atoms with Crippen molar-refractivity contribution < 1.29 is 4.39 Å². The summed E-state index contributed by atoms with van der Waals surface area (Å²) in [6.07, 6.45) is 4.18. The smallest absolute Gasteiger partial charge is 0.123 e. The SMILES string of the molecule is Fc1ccc(CC2=Cc3ccccc3C2)cc1. The molecule has 0 amide bonds. The summed E-state index contributed by atoms with van der Waals surface area (Å²) < 4.78 is 12.8. The lowest BCUT2D eigenvalue weighted by Gasteiger charge is -2.02. The Morgan fingerprint density at radius 1 is 0.941 bits per heavy atom. The number of hydrogen-bond acceptors (Lipinski definition) is 0. The van der Waals surface area contributed by atoms with Gasteiger partial charge in [-0.2, -0.15) is 0 Å². The molecule has 0 nitrogen and oxygen atoms in total. The van der Waals surface area contributed by atoms with Crippen LogP contribution in [0.5, 0.6) is 0 Å². The molecule has 0 spiro atoms. The maximum atomic E-state index is 12.8. The average molecular weight is 224 g/mol. The highest BCUT2D eigenvalue weighted by Gasteiger charge is 2.11. The third kappa shape index (κ3) is 2.14. The molecule has 1 aliphatic carbocycles. The van der Waals surface area contributed by atoms with Gasteiger partial charge in [-0.05, 0) is 41.7 Å². The Bertz CT molecular complexity index is 564. The van der Waals surface area contributed by atoms with Crippen LogP contribution >= 0.6 is 0 Å². The van der Waals surface area contributed by atoms with Crippen LogP contribution in [-0.4, -0.2) is 0 Å². The summed E-state index contributed by atoms with van der Waals surface area (Å²) in [7, 11) is 0. The molecule has 0 unspecified atom stereocenters. The van der Waals surface area contributed by atoms with Gasteiger partial charge in [0.2, 0.25) is 0 Å². The molecule has 0 radical (unpaired) electrons. The van der Waals surface area contributed by atoms with E-state index in [-0.39, 0.29) is 5.82 Å². The summed E-state index contributed by atoms with van der Waals surface area (Å²) >= 11 is 0.